The van der Waals surface area contributed by atoms with Crippen molar-refractivity contribution in [3.63, 3.8) is 0 Å². The maximum atomic E-state index is 13.5. The number of imidazole rings is 1. The standard InChI is InChI=1S/C28H36FN3O/c1-27-12-10-22-20(6-9-24-28(22,2)13-11-25-30-14-15-32(24)25)21(27)7-8-23(27)26(33)31-17-18-4-3-5-19(29)16-18/h3-5,14-16,20-24H,6-13,17H2,1-2H3,(H,31,33)/t20-,21-,22-,23+,24?,27-,28+/m0/s1. The molecule has 33 heavy (non-hydrogen) atoms. The van der Waals surface area contributed by atoms with E-state index in [1.165, 1.54) is 50.1 Å². The number of rotatable bonds is 3. The number of amides is 1. The van der Waals surface area contributed by atoms with E-state index in [2.05, 4.69) is 34.9 Å². The summed E-state index contributed by atoms with van der Waals surface area (Å²) >= 11 is 0. The highest BCUT2D eigenvalue weighted by Crippen LogP contribution is 2.67. The highest BCUT2D eigenvalue weighted by Gasteiger charge is 2.61. The summed E-state index contributed by atoms with van der Waals surface area (Å²) in [7, 11) is 0. The molecule has 0 saturated heterocycles. The first-order valence-electron chi connectivity index (χ1n) is 12.9. The van der Waals surface area contributed by atoms with Gasteiger partial charge < -0.3 is 9.88 Å². The molecule has 2 heterocycles. The summed E-state index contributed by atoms with van der Waals surface area (Å²) in [6.45, 7) is 5.36. The zero-order chi connectivity index (χ0) is 22.8. The summed E-state index contributed by atoms with van der Waals surface area (Å²) in [6, 6.07) is 7.13. The van der Waals surface area contributed by atoms with E-state index >= 15 is 0 Å². The molecule has 3 fully saturated rings. The Kier molecular flexibility index (Phi) is 4.97. The van der Waals surface area contributed by atoms with Gasteiger partial charge in [-0.1, -0.05) is 26.0 Å². The largest absolute Gasteiger partial charge is 0.352 e. The molecule has 7 atom stereocenters. The molecule has 1 N–H and O–H groups in total. The minimum Gasteiger partial charge on any atom is -0.352 e. The third kappa shape index (κ3) is 3.21. The van der Waals surface area contributed by atoms with Crippen LogP contribution in [0.2, 0.25) is 0 Å². The van der Waals surface area contributed by atoms with Crippen LogP contribution in [0.4, 0.5) is 4.39 Å². The van der Waals surface area contributed by atoms with Crippen molar-refractivity contribution in [1.82, 2.24) is 14.9 Å². The predicted octanol–water partition coefficient (Wildman–Crippen LogP) is 5.68. The Morgan fingerprint density at radius 1 is 1.12 bits per heavy atom. The number of nitrogens with zero attached hydrogens (tertiary/aromatic N) is 2. The molecule has 0 radical (unpaired) electrons. The van der Waals surface area contributed by atoms with Crippen molar-refractivity contribution >= 4 is 5.91 Å². The molecule has 4 aliphatic rings. The second kappa shape index (κ2) is 7.68. The second-order valence-corrected chi connectivity index (χ2v) is 11.7. The lowest BCUT2D eigenvalue weighted by Gasteiger charge is -2.60. The molecule has 1 aliphatic heterocycles. The van der Waals surface area contributed by atoms with Crippen LogP contribution in [0.25, 0.3) is 0 Å². The number of aryl methyl sites for hydroxylation is 1. The first-order valence-corrected chi connectivity index (χ1v) is 12.9. The molecular formula is C28H36FN3O. The van der Waals surface area contributed by atoms with Crippen molar-refractivity contribution in [3.05, 3.63) is 53.9 Å². The van der Waals surface area contributed by atoms with Gasteiger partial charge in [-0.05, 0) is 91.2 Å². The third-order valence-corrected chi connectivity index (χ3v) is 10.5. The molecule has 0 spiro atoms. The number of benzene rings is 1. The molecule has 2 aromatic rings. The molecule has 3 aliphatic carbocycles. The Bertz CT molecular complexity index is 1060. The van der Waals surface area contributed by atoms with Gasteiger partial charge in [0.1, 0.15) is 11.6 Å². The number of hydrogen-bond acceptors (Lipinski definition) is 2. The van der Waals surface area contributed by atoms with Gasteiger partial charge in [0.05, 0.1) is 0 Å². The maximum Gasteiger partial charge on any atom is 0.223 e. The van der Waals surface area contributed by atoms with Crippen molar-refractivity contribution < 1.29 is 9.18 Å². The lowest BCUT2D eigenvalue weighted by Crippen LogP contribution is -2.54. The van der Waals surface area contributed by atoms with Crippen LogP contribution in [0.15, 0.2) is 36.7 Å². The fourth-order valence-corrected chi connectivity index (χ4v) is 8.84. The van der Waals surface area contributed by atoms with Gasteiger partial charge in [0, 0.05) is 37.3 Å². The summed E-state index contributed by atoms with van der Waals surface area (Å²) in [5, 5.41) is 3.14. The van der Waals surface area contributed by atoms with E-state index < -0.39 is 0 Å². The topological polar surface area (TPSA) is 46.9 Å². The van der Waals surface area contributed by atoms with Crippen LogP contribution in [0.3, 0.4) is 0 Å². The van der Waals surface area contributed by atoms with Crippen LogP contribution in [0.5, 0.6) is 0 Å². The average molecular weight is 450 g/mol. The van der Waals surface area contributed by atoms with Gasteiger partial charge in [-0.2, -0.15) is 0 Å². The number of nitrogens with one attached hydrogen (secondary N) is 1. The molecule has 1 aromatic carbocycles. The summed E-state index contributed by atoms with van der Waals surface area (Å²) in [4.78, 5) is 17.9. The zero-order valence-electron chi connectivity index (χ0n) is 19.9. The van der Waals surface area contributed by atoms with Crippen LogP contribution in [-0.4, -0.2) is 15.5 Å². The summed E-state index contributed by atoms with van der Waals surface area (Å²) < 4.78 is 16.0. The summed E-state index contributed by atoms with van der Waals surface area (Å²) in [6.07, 6.45) is 13.6. The van der Waals surface area contributed by atoms with E-state index in [1.54, 1.807) is 6.07 Å². The quantitative estimate of drug-likeness (QED) is 0.655. The van der Waals surface area contributed by atoms with E-state index in [9.17, 15) is 9.18 Å². The number of aromatic nitrogens is 2. The highest BCUT2D eigenvalue weighted by atomic mass is 19.1. The minimum atomic E-state index is -0.248. The molecular weight excluding hydrogens is 413 g/mol. The molecule has 4 nitrogen and oxygen atoms in total. The van der Waals surface area contributed by atoms with Gasteiger partial charge >= 0.3 is 0 Å². The minimum absolute atomic E-state index is 0.0779. The third-order valence-electron chi connectivity index (χ3n) is 10.5. The Balaban J connectivity index is 1.19. The molecule has 5 heteroatoms. The molecule has 1 aromatic heterocycles. The fourth-order valence-electron chi connectivity index (χ4n) is 8.84. The highest BCUT2D eigenvalue weighted by molar-refractivity contribution is 5.80. The summed E-state index contributed by atoms with van der Waals surface area (Å²) in [5.41, 5.74) is 1.26. The van der Waals surface area contributed by atoms with E-state index in [4.69, 9.17) is 0 Å². The van der Waals surface area contributed by atoms with E-state index in [1.807, 2.05) is 12.3 Å². The van der Waals surface area contributed by atoms with Crippen LogP contribution in [-0.2, 0) is 17.8 Å². The number of halogens is 1. The van der Waals surface area contributed by atoms with Gasteiger partial charge in [-0.3, -0.25) is 4.79 Å². The first-order chi connectivity index (χ1) is 15.9. The van der Waals surface area contributed by atoms with Crippen LogP contribution < -0.4 is 5.32 Å². The van der Waals surface area contributed by atoms with Crippen LogP contribution in [0, 0.1) is 40.3 Å². The van der Waals surface area contributed by atoms with Gasteiger partial charge in [-0.25, -0.2) is 9.37 Å². The van der Waals surface area contributed by atoms with Crippen molar-refractivity contribution in [2.24, 2.45) is 34.5 Å². The van der Waals surface area contributed by atoms with Crippen molar-refractivity contribution in [2.75, 3.05) is 0 Å². The SMILES string of the molecule is C[C@]12CC[C@H]3[C@@H](CCC4n5ccnc5CC[C@@]43C)[C@@H]1CC[C@@H]2C(=O)NCc1cccc(F)c1. The molecule has 176 valence electrons. The van der Waals surface area contributed by atoms with E-state index in [0.29, 0.717) is 23.9 Å². The maximum absolute atomic E-state index is 13.5. The molecule has 1 unspecified atom stereocenters. The van der Waals surface area contributed by atoms with Gasteiger partial charge in [-0.15, -0.1) is 0 Å². The van der Waals surface area contributed by atoms with Crippen molar-refractivity contribution in [3.8, 4) is 0 Å². The fraction of sp³-hybridized carbons (Fsp3) is 0.643. The molecule has 6 rings (SSSR count). The average Bonchev–Trinajstić information content (AvgIpc) is 3.41. The number of carbonyl (C=O) groups is 1. The Labute approximate surface area is 196 Å². The van der Waals surface area contributed by atoms with Gasteiger partial charge in [0.2, 0.25) is 5.91 Å². The zero-order valence-corrected chi connectivity index (χ0v) is 19.9. The number of hydrogen-bond donors (Lipinski definition) is 1. The monoisotopic (exact) mass is 449 g/mol. The number of fused-ring (bicyclic) bond motifs is 7. The van der Waals surface area contributed by atoms with E-state index in [0.717, 1.165) is 36.7 Å². The lowest BCUT2D eigenvalue weighted by molar-refractivity contribution is -0.135. The lowest BCUT2D eigenvalue weighted by atomic mass is 9.47. The second-order valence-electron chi connectivity index (χ2n) is 11.7. The van der Waals surface area contributed by atoms with Crippen LogP contribution >= 0.6 is 0 Å². The Morgan fingerprint density at radius 3 is 2.82 bits per heavy atom. The first kappa shape index (κ1) is 21.4. The van der Waals surface area contributed by atoms with Gasteiger partial charge in [0.25, 0.3) is 0 Å². The summed E-state index contributed by atoms with van der Waals surface area (Å²) in [5.74, 6) is 3.39. The van der Waals surface area contributed by atoms with E-state index in [-0.39, 0.29) is 23.1 Å². The molecule has 0 bridgehead atoms. The van der Waals surface area contributed by atoms with Crippen molar-refractivity contribution in [1.29, 1.82) is 0 Å². The predicted molar refractivity (Wildman–Crippen MR) is 126 cm³/mol. The van der Waals surface area contributed by atoms with Crippen molar-refractivity contribution in [2.45, 2.75) is 77.8 Å². The normalized spacial score (nSPS) is 39.2. The molecule has 1 amide bonds. The number of carbonyl (C=O) groups excluding carboxylic acids is 1. The molecule has 3 saturated carbocycles. The van der Waals surface area contributed by atoms with Crippen LogP contribution in [0.1, 0.15) is 76.2 Å². The van der Waals surface area contributed by atoms with Gasteiger partial charge in [0.15, 0.2) is 0 Å². The Morgan fingerprint density at radius 2 is 1.97 bits per heavy atom. The smallest absolute Gasteiger partial charge is 0.223 e. The Hall–Kier alpha value is -2.17.